The Kier molecular flexibility index (Phi) is 5.26. The highest BCUT2D eigenvalue weighted by Gasteiger charge is 2.56. The molecular formula is C18H18F4N3O4+. The summed E-state index contributed by atoms with van der Waals surface area (Å²) in [4.78, 5) is 23.2. The van der Waals surface area contributed by atoms with Gasteiger partial charge in [0, 0.05) is 9.87 Å². The molecular weight excluding hydrogens is 398 g/mol. The van der Waals surface area contributed by atoms with Crippen LogP contribution in [0.5, 0.6) is 11.5 Å². The third kappa shape index (κ3) is 4.34. The van der Waals surface area contributed by atoms with Gasteiger partial charge in [0.25, 0.3) is 5.91 Å². The first-order chi connectivity index (χ1) is 13.5. The molecule has 1 aliphatic rings. The van der Waals surface area contributed by atoms with E-state index in [-0.39, 0.29) is 17.9 Å². The topological polar surface area (TPSA) is 90.7 Å². The molecule has 0 radical (unpaired) electrons. The van der Waals surface area contributed by atoms with Crippen LogP contribution < -0.4 is 20.5 Å². The van der Waals surface area contributed by atoms with Gasteiger partial charge in [-0.1, -0.05) is 12.1 Å². The highest BCUT2D eigenvalue weighted by Crippen LogP contribution is 2.33. The molecule has 0 spiro atoms. The van der Waals surface area contributed by atoms with Crippen LogP contribution in [0.1, 0.15) is 10.4 Å². The summed E-state index contributed by atoms with van der Waals surface area (Å²) >= 11 is 0. The lowest BCUT2D eigenvalue weighted by molar-refractivity contribution is -0.989. The van der Waals surface area contributed by atoms with E-state index >= 15 is 0 Å². The molecule has 0 saturated carbocycles. The van der Waals surface area contributed by atoms with Crippen molar-refractivity contribution in [3.63, 3.8) is 0 Å². The molecule has 0 unspecified atom stereocenters. The Bertz CT molecular complexity index is 966. The van der Waals surface area contributed by atoms with E-state index in [2.05, 4.69) is 5.32 Å². The van der Waals surface area contributed by atoms with Crippen LogP contribution in [0.3, 0.4) is 0 Å². The molecule has 1 fully saturated rings. The Morgan fingerprint density at radius 1 is 1.31 bits per heavy atom. The number of fused-ring (bicyclic) bond motifs is 1. The largest absolute Gasteiger partial charge is 0.496 e. The number of alkyl halides is 3. The fourth-order valence-corrected chi connectivity index (χ4v) is 3.24. The number of nitrogens with two attached hydrogens (primary N) is 1. The van der Waals surface area contributed by atoms with Gasteiger partial charge in [0.1, 0.15) is 30.7 Å². The number of rotatable bonds is 6. The van der Waals surface area contributed by atoms with Crippen molar-refractivity contribution in [1.82, 2.24) is 5.32 Å². The van der Waals surface area contributed by atoms with Gasteiger partial charge in [-0.05, 0) is 28.3 Å². The number of hydrogen-bond donors (Lipinski definition) is 2. The predicted molar refractivity (Wildman–Crippen MR) is 94.0 cm³/mol. The van der Waals surface area contributed by atoms with Crippen LogP contribution in [0.15, 0.2) is 30.3 Å². The number of ether oxygens (including phenoxy) is 2. The number of benzene rings is 2. The lowest BCUT2D eigenvalue weighted by atomic mass is 10.0. The first-order valence-corrected chi connectivity index (χ1v) is 8.50. The molecule has 1 aliphatic heterocycles. The molecule has 11 heteroatoms. The zero-order chi connectivity index (χ0) is 21.4. The zero-order valence-corrected chi connectivity index (χ0v) is 15.3. The maximum Gasteiger partial charge on any atom is 0.455 e. The van der Waals surface area contributed by atoms with Gasteiger partial charge in [-0.15, -0.1) is 0 Å². The summed E-state index contributed by atoms with van der Waals surface area (Å²) in [7, 11) is 1.37. The number of nitrogens with zero attached hydrogens (tertiary/aromatic N) is 1. The van der Waals surface area contributed by atoms with E-state index in [1.54, 1.807) is 18.2 Å². The van der Waals surface area contributed by atoms with Crippen molar-refractivity contribution in [3.05, 3.63) is 35.9 Å². The van der Waals surface area contributed by atoms with Gasteiger partial charge in [-0.2, -0.15) is 13.2 Å². The Hall–Kier alpha value is -3.08. The van der Waals surface area contributed by atoms with Crippen LogP contribution in [0.25, 0.3) is 10.8 Å². The summed E-state index contributed by atoms with van der Waals surface area (Å²) < 4.78 is 60.4. The van der Waals surface area contributed by atoms with Gasteiger partial charge >= 0.3 is 12.2 Å². The fourth-order valence-electron chi connectivity index (χ4n) is 3.24. The number of halogens is 4. The summed E-state index contributed by atoms with van der Waals surface area (Å²) in [6, 6.07) is 5.69. The van der Waals surface area contributed by atoms with Crippen LogP contribution in [0, 0.1) is 0 Å². The molecule has 2 aromatic rings. The van der Waals surface area contributed by atoms with Gasteiger partial charge in [-0.25, -0.2) is 4.79 Å². The van der Waals surface area contributed by atoms with Crippen LogP contribution in [0.2, 0.25) is 0 Å². The molecule has 0 aliphatic carbocycles. The summed E-state index contributed by atoms with van der Waals surface area (Å²) in [5, 5.41) is 3.34. The van der Waals surface area contributed by atoms with Crippen molar-refractivity contribution in [2.75, 3.05) is 26.8 Å². The van der Waals surface area contributed by atoms with Crippen molar-refractivity contribution in [1.29, 1.82) is 0 Å². The number of quaternary nitrogens is 1. The van der Waals surface area contributed by atoms with Crippen molar-refractivity contribution in [2.45, 2.75) is 12.2 Å². The second-order valence-corrected chi connectivity index (χ2v) is 6.67. The van der Waals surface area contributed by atoms with E-state index < -0.39 is 42.0 Å². The van der Waals surface area contributed by atoms with Gasteiger partial charge in [0.05, 0.1) is 12.7 Å². The molecule has 156 valence electrons. The van der Waals surface area contributed by atoms with E-state index in [1.807, 2.05) is 0 Å². The smallest absolute Gasteiger partial charge is 0.455 e. The molecule has 3 N–H and O–H groups in total. The monoisotopic (exact) mass is 416 g/mol. The van der Waals surface area contributed by atoms with Crippen LogP contribution in [-0.2, 0) is 0 Å². The van der Waals surface area contributed by atoms with Crippen LogP contribution in [0.4, 0.5) is 22.4 Å². The Morgan fingerprint density at radius 3 is 2.66 bits per heavy atom. The summed E-state index contributed by atoms with van der Waals surface area (Å²) in [6.45, 7) is -2.86. The molecule has 3 amide bonds. The maximum absolute atomic E-state index is 14.3. The molecule has 7 nitrogen and oxygen atoms in total. The van der Waals surface area contributed by atoms with Crippen molar-refractivity contribution >= 4 is 22.7 Å². The second-order valence-electron chi connectivity index (χ2n) is 6.67. The lowest BCUT2D eigenvalue weighted by Crippen LogP contribution is -2.48. The summed E-state index contributed by atoms with van der Waals surface area (Å²) in [5.41, 5.74) is 5.51. The maximum atomic E-state index is 14.3. The Morgan fingerprint density at radius 2 is 2.03 bits per heavy atom. The highest BCUT2D eigenvalue weighted by atomic mass is 19.4. The number of methoxy groups -OCH3 is 1. The average molecular weight is 416 g/mol. The quantitative estimate of drug-likeness (QED) is 0.560. The van der Waals surface area contributed by atoms with Crippen molar-refractivity contribution < 1.29 is 41.4 Å². The Balaban J connectivity index is 1.79. The number of carbonyl (C=O) groups is 2. The summed E-state index contributed by atoms with van der Waals surface area (Å²) in [6.07, 6.45) is -4.83. The SMILES string of the molecule is COc1cc2c(OC[C@@H]3C[N@+](F)(CC(F)(F)F)C(=O)N3)cccc2cc1C(N)=O. The molecule has 3 rings (SSSR count). The normalized spacial score (nSPS) is 21.8. The Labute approximate surface area is 162 Å². The highest BCUT2D eigenvalue weighted by molar-refractivity contribution is 6.02. The minimum atomic E-state index is -4.83. The molecule has 29 heavy (non-hydrogen) atoms. The number of hydrogen-bond acceptors (Lipinski definition) is 4. The van der Waals surface area contributed by atoms with Crippen LogP contribution >= 0.6 is 0 Å². The lowest BCUT2D eigenvalue weighted by Gasteiger charge is -2.18. The minimum absolute atomic E-state index is 0.173. The van der Waals surface area contributed by atoms with E-state index in [9.17, 15) is 27.2 Å². The standard InChI is InChI=1S/C18H17F4N3O4/c1-28-15-6-12-10(5-13(15)16(23)26)3-2-4-14(12)29-8-11-7-25(22,17(27)24-11)9-18(19,20)21/h2-6,11H,7-9H2,1H3,(H2-,23,24,26,27)/p+1/t11-,25-/m0/s1. The second kappa shape index (κ2) is 7.39. The van der Waals surface area contributed by atoms with Gasteiger partial charge < -0.3 is 15.2 Å². The first kappa shape index (κ1) is 20.6. The molecule has 1 heterocycles. The minimum Gasteiger partial charge on any atom is -0.496 e. The third-order valence-electron chi connectivity index (χ3n) is 4.50. The number of nitrogens with one attached hydrogen (secondary N) is 1. The van der Waals surface area contributed by atoms with Gasteiger partial charge in [-0.3, -0.25) is 10.1 Å². The van der Waals surface area contributed by atoms with E-state index in [0.29, 0.717) is 16.5 Å². The average Bonchev–Trinajstić information content (AvgIpc) is 2.90. The number of amides is 3. The molecule has 0 bridgehead atoms. The molecule has 2 atom stereocenters. The first-order valence-electron chi connectivity index (χ1n) is 8.50. The van der Waals surface area contributed by atoms with Gasteiger partial charge in [0.15, 0.2) is 0 Å². The summed E-state index contributed by atoms with van der Waals surface area (Å²) in [5.74, 6) is -0.129. The zero-order valence-electron chi connectivity index (χ0n) is 15.3. The van der Waals surface area contributed by atoms with E-state index in [4.69, 9.17) is 15.2 Å². The number of carbonyl (C=O) groups excluding carboxylic acids is 2. The van der Waals surface area contributed by atoms with E-state index in [0.717, 1.165) is 0 Å². The third-order valence-corrected chi connectivity index (χ3v) is 4.50. The van der Waals surface area contributed by atoms with Crippen molar-refractivity contribution in [3.8, 4) is 11.5 Å². The molecule has 1 saturated heterocycles. The predicted octanol–water partition coefficient (Wildman–Crippen LogP) is 2.68. The van der Waals surface area contributed by atoms with E-state index in [1.165, 1.54) is 19.2 Å². The van der Waals surface area contributed by atoms with Gasteiger partial charge in [0.2, 0.25) is 6.54 Å². The van der Waals surface area contributed by atoms with Crippen molar-refractivity contribution in [2.24, 2.45) is 5.73 Å². The number of urea groups is 1. The number of primary amides is 1. The van der Waals surface area contributed by atoms with Crippen LogP contribution in [-0.4, -0.2) is 55.7 Å². The molecule has 2 aromatic carbocycles. The fraction of sp³-hybridized carbons (Fsp3) is 0.333. The molecule has 0 aromatic heterocycles.